The molecule has 0 radical (unpaired) electrons. The quantitative estimate of drug-likeness (QED) is 0.346. The van der Waals surface area contributed by atoms with Crippen LogP contribution < -0.4 is 21.4 Å². The van der Waals surface area contributed by atoms with E-state index in [4.69, 9.17) is 16.6 Å². The van der Waals surface area contributed by atoms with Crippen LogP contribution in [0.15, 0.2) is 60.8 Å². The minimum Gasteiger partial charge on any atom is -0.366 e. The minimum absolute atomic E-state index is 0.0715. The summed E-state index contributed by atoms with van der Waals surface area (Å²) in [5.74, 6) is 0.595. The molecule has 4 aromatic rings. The van der Waals surface area contributed by atoms with Gasteiger partial charge in [-0.15, -0.1) is 0 Å². The molecule has 8 nitrogen and oxygen atoms in total. The first-order valence-electron chi connectivity index (χ1n) is 11.5. The molecule has 0 spiro atoms. The van der Waals surface area contributed by atoms with Gasteiger partial charge in [0, 0.05) is 42.4 Å². The van der Waals surface area contributed by atoms with Crippen molar-refractivity contribution in [2.24, 2.45) is 0 Å². The Bertz CT molecular complexity index is 1410. The second-order valence-electron chi connectivity index (χ2n) is 8.62. The molecule has 2 aromatic carbocycles. The number of amides is 2. The zero-order chi connectivity index (χ0) is 24.4. The normalized spacial score (nSPS) is 15.2. The van der Waals surface area contributed by atoms with Crippen LogP contribution in [0.25, 0.3) is 16.9 Å². The molecule has 0 saturated carbocycles. The Balaban J connectivity index is 1.27. The topological polar surface area (TPSA) is 100 Å². The number of halogens is 1. The monoisotopic (exact) mass is 486 g/mol. The highest BCUT2D eigenvalue weighted by Gasteiger charge is 2.26. The van der Waals surface area contributed by atoms with Crippen molar-refractivity contribution in [3.05, 3.63) is 76.9 Å². The fraction of sp³-hybridized carbons (Fsp3) is 0.200. The van der Waals surface area contributed by atoms with Crippen molar-refractivity contribution in [2.75, 3.05) is 5.32 Å². The summed E-state index contributed by atoms with van der Waals surface area (Å²) >= 11 is 6.42. The highest BCUT2D eigenvalue weighted by atomic mass is 35.5. The lowest BCUT2D eigenvalue weighted by Gasteiger charge is -2.13. The van der Waals surface area contributed by atoms with Crippen LogP contribution in [0.2, 0.25) is 5.02 Å². The van der Waals surface area contributed by atoms with Crippen molar-refractivity contribution in [2.45, 2.75) is 32.0 Å². The SMILES string of the molecule is Bc1cnn2c(NCc3ccc(CNC(=O)C4CCC(=O)N4)cc3)cc(-c3ccccc3Cl)nc12. The van der Waals surface area contributed by atoms with E-state index in [0.717, 1.165) is 39.3 Å². The van der Waals surface area contributed by atoms with E-state index in [-0.39, 0.29) is 11.8 Å². The van der Waals surface area contributed by atoms with Gasteiger partial charge in [0.05, 0.1) is 5.69 Å². The molecule has 5 rings (SSSR count). The van der Waals surface area contributed by atoms with Crippen LogP contribution in [0.1, 0.15) is 24.0 Å². The molecule has 1 fully saturated rings. The summed E-state index contributed by atoms with van der Waals surface area (Å²) in [5, 5.41) is 14.2. The number of nitrogens with zero attached hydrogens (tertiary/aromatic N) is 3. The number of carbonyl (C=O) groups is 2. The average Bonchev–Trinajstić information content (AvgIpc) is 3.47. The van der Waals surface area contributed by atoms with Crippen molar-refractivity contribution >= 4 is 48.2 Å². The van der Waals surface area contributed by atoms with Gasteiger partial charge in [0.15, 0.2) is 5.65 Å². The molecule has 2 amide bonds. The van der Waals surface area contributed by atoms with Gasteiger partial charge in [0.1, 0.15) is 19.7 Å². The molecule has 3 heterocycles. The van der Waals surface area contributed by atoms with Gasteiger partial charge in [-0.25, -0.2) is 4.98 Å². The van der Waals surface area contributed by atoms with E-state index in [0.29, 0.717) is 31.0 Å². The Morgan fingerprint density at radius 3 is 2.60 bits per heavy atom. The molecule has 2 aromatic heterocycles. The summed E-state index contributed by atoms with van der Waals surface area (Å²) in [5.41, 5.74) is 5.46. The van der Waals surface area contributed by atoms with Crippen LogP contribution in [-0.4, -0.2) is 40.3 Å². The largest absolute Gasteiger partial charge is 0.366 e. The van der Waals surface area contributed by atoms with E-state index < -0.39 is 6.04 Å². The van der Waals surface area contributed by atoms with E-state index in [1.54, 1.807) is 10.7 Å². The number of nitrogens with one attached hydrogen (secondary N) is 3. The maximum absolute atomic E-state index is 12.2. The first-order valence-corrected chi connectivity index (χ1v) is 11.8. The molecule has 1 aliphatic heterocycles. The maximum atomic E-state index is 12.2. The summed E-state index contributed by atoms with van der Waals surface area (Å²) in [6.45, 7) is 0.998. The lowest BCUT2D eigenvalue weighted by molar-refractivity contribution is -0.125. The molecule has 35 heavy (non-hydrogen) atoms. The van der Waals surface area contributed by atoms with Gasteiger partial charge in [0.25, 0.3) is 0 Å². The molecule has 1 atom stereocenters. The van der Waals surface area contributed by atoms with Gasteiger partial charge in [-0.1, -0.05) is 54.1 Å². The smallest absolute Gasteiger partial charge is 0.242 e. The Kier molecular flexibility index (Phi) is 6.42. The van der Waals surface area contributed by atoms with E-state index in [9.17, 15) is 9.59 Å². The van der Waals surface area contributed by atoms with E-state index in [2.05, 4.69) is 21.0 Å². The second kappa shape index (κ2) is 9.80. The third-order valence-corrected chi connectivity index (χ3v) is 6.40. The van der Waals surface area contributed by atoms with Crippen molar-refractivity contribution in [3.63, 3.8) is 0 Å². The number of aromatic nitrogens is 3. The van der Waals surface area contributed by atoms with Crippen molar-refractivity contribution in [1.29, 1.82) is 0 Å². The fourth-order valence-corrected chi connectivity index (χ4v) is 4.33. The number of anilines is 1. The van der Waals surface area contributed by atoms with Crippen molar-refractivity contribution < 1.29 is 9.59 Å². The molecule has 1 unspecified atom stereocenters. The predicted molar refractivity (Wildman–Crippen MR) is 138 cm³/mol. The van der Waals surface area contributed by atoms with Gasteiger partial charge in [0.2, 0.25) is 11.8 Å². The lowest BCUT2D eigenvalue weighted by atomic mass is 10.0. The fourth-order valence-electron chi connectivity index (χ4n) is 4.10. The standard InChI is InChI=1S/C25H24BClN6O2/c26-18-14-30-33-22(11-21(32-24(18)33)17-3-1-2-4-19(17)27)28-12-15-5-7-16(8-6-15)13-29-25(35)20-9-10-23(34)31-20/h1-8,11,14,20,28H,9-10,12-13,26H2,(H,29,35)(H,31,34). The zero-order valence-electron chi connectivity index (χ0n) is 19.2. The maximum Gasteiger partial charge on any atom is 0.242 e. The van der Waals surface area contributed by atoms with Gasteiger partial charge >= 0.3 is 0 Å². The Hall–Kier alpha value is -3.85. The Labute approximate surface area is 208 Å². The van der Waals surface area contributed by atoms with E-state index >= 15 is 0 Å². The summed E-state index contributed by atoms with van der Waals surface area (Å²) in [4.78, 5) is 28.3. The summed E-state index contributed by atoms with van der Waals surface area (Å²) in [6, 6.07) is 17.2. The Morgan fingerprint density at radius 2 is 1.89 bits per heavy atom. The van der Waals surface area contributed by atoms with E-state index in [1.165, 1.54) is 0 Å². The first kappa shape index (κ1) is 22.9. The minimum atomic E-state index is -0.426. The second-order valence-corrected chi connectivity index (χ2v) is 9.02. The molecule has 0 bridgehead atoms. The number of rotatable bonds is 7. The first-order chi connectivity index (χ1) is 17.0. The molecular weight excluding hydrogens is 463 g/mol. The highest BCUT2D eigenvalue weighted by molar-refractivity contribution is 6.36. The van der Waals surface area contributed by atoms with Gasteiger partial charge in [-0.05, 0) is 29.1 Å². The number of carbonyl (C=O) groups excluding carboxylic acids is 2. The highest BCUT2D eigenvalue weighted by Crippen LogP contribution is 2.28. The third-order valence-electron chi connectivity index (χ3n) is 6.07. The van der Waals surface area contributed by atoms with Crippen LogP contribution in [0, 0.1) is 0 Å². The molecule has 0 aliphatic carbocycles. The van der Waals surface area contributed by atoms with Crippen LogP contribution in [0.4, 0.5) is 5.82 Å². The molecule has 176 valence electrons. The van der Waals surface area contributed by atoms with Gasteiger partial charge in [-0.3, -0.25) is 9.59 Å². The van der Waals surface area contributed by atoms with Crippen LogP contribution in [0.3, 0.4) is 0 Å². The number of fused-ring (bicyclic) bond motifs is 1. The van der Waals surface area contributed by atoms with E-state index in [1.807, 2.05) is 62.4 Å². The molecule has 1 saturated heterocycles. The number of benzene rings is 2. The average molecular weight is 487 g/mol. The van der Waals surface area contributed by atoms with Crippen LogP contribution in [-0.2, 0) is 22.7 Å². The van der Waals surface area contributed by atoms with Crippen LogP contribution in [0.5, 0.6) is 0 Å². The summed E-state index contributed by atoms with van der Waals surface area (Å²) in [7, 11) is 1.98. The summed E-state index contributed by atoms with van der Waals surface area (Å²) in [6.07, 6.45) is 2.75. The molecule has 10 heteroatoms. The van der Waals surface area contributed by atoms with Crippen LogP contribution >= 0.6 is 11.6 Å². The molecular formula is C25H24BClN6O2. The van der Waals surface area contributed by atoms with Crippen molar-refractivity contribution in [1.82, 2.24) is 25.2 Å². The van der Waals surface area contributed by atoms with Gasteiger partial charge < -0.3 is 16.0 Å². The molecule has 1 aliphatic rings. The number of hydrogen-bond acceptors (Lipinski definition) is 5. The lowest BCUT2D eigenvalue weighted by Crippen LogP contribution is -2.41. The Morgan fingerprint density at radius 1 is 1.14 bits per heavy atom. The number of hydrogen-bond donors (Lipinski definition) is 3. The third kappa shape index (κ3) is 5.00. The predicted octanol–water partition coefficient (Wildman–Crippen LogP) is 1.81. The summed E-state index contributed by atoms with van der Waals surface area (Å²) < 4.78 is 1.79. The molecule has 3 N–H and O–H groups in total. The zero-order valence-corrected chi connectivity index (χ0v) is 20.0. The van der Waals surface area contributed by atoms with Gasteiger partial charge in [-0.2, -0.15) is 9.61 Å². The van der Waals surface area contributed by atoms with Crippen molar-refractivity contribution in [3.8, 4) is 11.3 Å².